The summed E-state index contributed by atoms with van der Waals surface area (Å²) in [5, 5.41) is 8.68. The smallest absolute Gasteiger partial charge is 0.254 e. The molecular weight excluding hydrogens is 434 g/mol. The maximum Gasteiger partial charge on any atom is 0.254 e. The highest BCUT2D eigenvalue weighted by Crippen LogP contribution is 2.29. The van der Waals surface area contributed by atoms with Crippen molar-refractivity contribution >= 4 is 22.9 Å². The van der Waals surface area contributed by atoms with Gasteiger partial charge in [0.2, 0.25) is 0 Å². The second kappa shape index (κ2) is 8.97. The summed E-state index contributed by atoms with van der Waals surface area (Å²) in [5.74, 6) is 1.81. The van der Waals surface area contributed by atoms with E-state index in [0.29, 0.717) is 54.4 Å². The minimum atomic E-state index is -0.0428. The van der Waals surface area contributed by atoms with Gasteiger partial charge in [0, 0.05) is 31.7 Å². The number of hydrogen-bond donors (Lipinski definition) is 0. The van der Waals surface area contributed by atoms with Gasteiger partial charge >= 0.3 is 0 Å². The Kier molecular flexibility index (Phi) is 5.70. The molecule has 1 fully saturated rings. The van der Waals surface area contributed by atoms with E-state index in [-0.39, 0.29) is 5.91 Å². The first kappa shape index (κ1) is 21.6. The molecule has 3 heterocycles. The van der Waals surface area contributed by atoms with Gasteiger partial charge in [0.15, 0.2) is 28.5 Å². The van der Waals surface area contributed by atoms with Crippen LogP contribution in [0.25, 0.3) is 16.9 Å². The Bertz CT molecular complexity index is 1330. The van der Waals surface area contributed by atoms with Gasteiger partial charge in [0.05, 0.1) is 19.9 Å². The van der Waals surface area contributed by atoms with Crippen molar-refractivity contribution in [2.24, 2.45) is 0 Å². The topological polar surface area (TPSA) is 98.5 Å². The summed E-state index contributed by atoms with van der Waals surface area (Å²) in [6.07, 6.45) is 1.53. The second-order valence-corrected chi connectivity index (χ2v) is 8.06. The first-order chi connectivity index (χ1) is 16.6. The minimum Gasteiger partial charge on any atom is -0.493 e. The van der Waals surface area contributed by atoms with Gasteiger partial charge in [-0.15, -0.1) is 5.10 Å². The van der Waals surface area contributed by atoms with Crippen LogP contribution >= 0.6 is 0 Å². The quantitative estimate of drug-likeness (QED) is 0.449. The van der Waals surface area contributed by atoms with Gasteiger partial charge in [-0.2, -0.15) is 4.68 Å². The van der Waals surface area contributed by atoms with Crippen molar-refractivity contribution in [2.45, 2.75) is 6.92 Å². The highest BCUT2D eigenvalue weighted by Gasteiger charge is 2.26. The molecule has 0 atom stereocenters. The molecule has 0 N–H and O–H groups in total. The second-order valence-electron chi connectivity index (χ2n) is 8.06. The van der Waals surface area contributed by atoms with Crippen LogP contribution in [0.15, 0.2) is 48.8 Å². The maximum absolute atomic E-state index is 13.1. The number of fused-ring (bicyclic) bond motifs is 1. The van der Waals surface area contributed by atoms with Crippen LogP contribution in [0.2, 0.25) is 0 Å². The van der Waals surface area contributed by atoms with Crippen molar-refractivity contribution in [2.75, 3.05) is 45.3 Å². The van der Waals surface area contributed by atoms with Crippen LogP contribution < -0.4 is 14.4 Å². The van der Waals surface area contributed by atoms with Crippen molar-refractivity contribution < 1.29 is 14.3 Å². The molecule has 4 aromatic rings. The number of aromatic nitrogens is 5. The number of anilines is 1. The molecule has 1 aliphatic heterocycles. The van der Waals surface area contributed by atoms with Crippen molar-refractivity contribution in [1.29, 1.82) is 0 Å². The molecule has 5 rings (SSSR count). The molecular formula is C24H25N7O3. The Labute approximate surface area is 196 Å². The number of rotatable bonds is 5. The lowest BCUT2D eigenvalue weighted by atomic mass is 10.1. The van der Waals surface area contributed by atoms with Gasteiger partial charge < -0.3 is 19.3 Å². The van der Waals surface area contributed by atoms with Crippen molar-refractivity contribution in [3.05, 3.63) is 59.9 Å². The third-order valence-electron chi connectivity index (χ3n) is 5.99. The molecule has 10 nitrogen and oxygen atoms in total. The molecule has 1 aliphatic rings. The average molecular weight is 460 g/mol. The molecule has 2 aromatic carbocycles. The number of nitrogens with zero attached hydrogens (tertiary/aromatic N) is 7. The Balaban J connectivity index is 1.33. The van der Waals surface area contributed by atoms with Gasteiger partial charge in [-0.05, 0) is 37.3 Å². The van der Waals surface area contributed by atoms with E-state index in [0.717, 1.165) is 11.5 Å². The van der Waals surface area contributed by atoms with E-state index in [1.807, 2.05) is 36.1 Å². The summed E-state index contributed by atoms with van der Waals surface area (Å²) in [7, 11) is 3.13. The van der Waals surface area contributed by atoms with Crippen molar-refractivity contribution in [1.82, 2.24) is 29.9 Å². The van der Waals surface area contributed by atoms with E-state index in [9.17, 15) is 4.79 Å². The van der Waals surface area contributed by atoms with E-state index < -0.39 is 0 Å². The molecule has 0 bridgehead atoms. The van der Waals surface area contributed by atoms with Crippen LogP contribution in [0.5, 0.6) is 11.5 Å². The SMILES string of the molecule is COc1ccc(C(=O)N2CCN(c3ncnc4c3nnn4-c3ccc(C)cc3)CC2)cc1OC. The number of carbonyl (C=O) groups excluding carboxylic acids is 1. The molecule has 0 saturated carbocycles. The Morgan fingerprint density at radius 2 is 1.65 bits per heavy atom. The van der Waals surface area contributed by atoms with Gasteiger partial charge in [0.1, 0.15) is 6.33 Å². The fourth-order valence-corrected chi connectivity index (χ4v) is 4.10. The number of ether oxygens (including phenoxy) is 2. The molecule has 1 amide bonds. The molecule has 174 valence electrons. The highest BCUT2D eigenvalue weighted by atomic mass is 16.5. The number of piperazine rings is 1. The number of aryl methyl sites for hydroxylation is 1. The summed E-state index contributed by atoms with van der Waals surface area (Å²) >= 11 is 0. The number of methoxy groups -OCH3 is 2. The Morgan fingerprint density at radius 3 is 2.35 bits per heavy atom. The molecule has 0 spiro atoms. The monoisotopic (exact) mass is 459 g/mol. The van der Waals surface area contributed by atoms with E-state index in [2.05, 4.69) is 25.2 Å². The van der Waals surface area contributed by atoms with Crippen molar-refractivity contribution in [3.8, 4) is 17.2 Å². The summed E-state index contributed by atoms with van der Waals surface area (Å²) in [4.78, 5) is 25.9. The Hall–Kier alpha value is -4.21. The summed E-state index contributed by atoms with van der Waals surface area (Å²) < 4.78 is 12.3. The minimum absolute atomic E-state index is 0.0428. The van der Waals surface area contributed by atoms with E-state index in [1.165, 1.54) is 11.9 Å². The predicted molar refractivity (Wildman–Crippen MR) is 127 cm³/mol. The van der Waals surface area contributed by atoms with Crippen LogP contribution in [0.3, 0.4) is 0 Å². The third-order valence-corrected chi connectivity index (χ3v) is 5.99. The molecule has 1 saturated heterocycles. The van der Waals surface area contributed by atoms with Gasteiger partial charge in [-0.25, -0.2) is 9.97 Å². The zero-order valence-corrected chi connectivity index (χ0v) is 19.3. The molecule has 0 aliphatic carbocycles. The van der Waals surface area contributed by atoms with Crippen LogP contribution in [-0.2, 0) is 0 Å². The zero-order valence-electron chi connectivity index (χ0n) is 19.3. The summed E-state index contributed by atoms with van der Waals surface area (Å²) in [6.45, 7) is 4.42. The van der Waals surface area contributed by atoms with Crippen LogP contribution in [0.1, 0.15) is 15.9 Å². The van der Waals surface area contributed by atoms with Crippen LogP contribution in [-0.4, -0.2) is 76.2 Å². The van der Waals surface area contributed by atoms with Gasteiger partial charge in [-0.1, -0.05) is 22.9 Å². The lowest BCUT2D eigenvalue weighted by Crippen LogP contribution is -2.49. The first-order valence-electron chi connectivity index (χ1n) is 11.0. The number of amides is 1. The fraction of sp³-hybridized carbons (Fsp3) is 0.292. The lowest BCUT2D eigenvalue weighted by Gasteiger charge is -2.35. The van der Waals surface area contributed by atoms with Crippen LogP contribution in [0, 0.1) is 6.92 Å². The van der Waals surface area contributed by atoms with E-state index in [4.69, 9.17) is 9.47 Å². The molecule has 0 radical (unpaired) electrons. The Morgan fingerprint density at radius 1 is 0.912 bits per heavy atom. The largest absolute Gasteiger partial charge is 0.493 e. The van der Waals surface area contributed by atoms with Gasteiger partial charge in [-0.3, -0.25) is 4.79 Å². The van der Waals surface area contributed by atoms with E-state index >= 15 is 0 Å². The molecule has 2 aromatic heterocycles. The summed E-state index contributed by atoms with van der Waals surface area (Å²) in [5.41, 5.74) is 3.92. The molecule has 10 heteroatoms. The lowest BCUT2D eigenvalue weighted by molar-refractivity contribution is 0.0746. The van der Waals surface area contributed by atoms with E-state index in [1.54, 1.807) is 37.1 Å². The fourth-order valence-electron chi connectivity index (χ4n) is 4.10. The average Bonchev–Trinajstić information content (AvgIpc) is 3.33. The van der Waals surface area contributed by atoms with Crippen LogP contribution in [0.4, 0.5) is 5.82 Å². The van der Waals surface area contributed by atoms with Gasteiger partial charge in [0.25, 0.3) is 5.91 Å². The predicted octanol–water partition coefficient (Wildman–Crippen LogP) is 2.50. The van der Waals surface area contributed by atoms with Crippen molar-refractivity contribution in [3.63, 3.8) is 0 Å². The maximum atomic E-state index is 13.1. The third kappa shape index (κ3) is 3.87. The summed E-state index contributed by atoms with van der Waals surface area (Å²) in [6, 6.07) is 13.3. The molecule has 0 unspecified atom stereocenters. The zero-order chi connectivity index (χ0) is 23.7. The standard InChI is InChI=1S/C24H25N7O3/c1-16-4-7-18(8-5-16)31-23-21(27-28-31)22(25-15-26-23)29-10-12-30(13-11-29)24(32)17-6-9-19(33-2)20(14-17)34-3/h4-9,14-15H,10-13H2,1-3H3. The normalized spacial score (nSPS) is 13.9. The first-order valence-corrected chi connectivity index (χ1v) is 11.0. The highest BCUT2D eigenvalue weighted by molar-refractivity contribution is 5.95. The molecule has 34 heavy (non-hydrogen) atoms. The number of hydrogen-bond acceptors (Lipinski definition) is 8. The number of benzene rings is 2. The number of carbonyl (C=O) groups is 1.